The van der Waals surface area contributed by atoms with E-state index in [1.54, 1.807) is 12.1 Å². The van der Waals surface area contributed by atoms with Gasteiger partial charge in [-0.15, -0.1) is 13.2 Å². The highest BCUT2D eigenvalue weighted by atomic mass is 19.4. The Kier molecular flexibility index (Phi) is 4.63. The quantitative estimate of drug-likeness (QED) is 0.847. The van der Waals surface area contributed by atoms with Gasteiger partial charge in [0.2, 0.25) is 0 Å². The summed E-state index contributed by atoms with van der Waals surface area (Å²) >= 11 is 0. The third-order valence-corrected chi connectivity index (χ3v) is 2.93. The van der Waals surface area contributed by atoms with E-state index in [1.807, 2.05) is 0 Å². The van der Waals surface area contributed by atoms with Gasteiger partial charge in [-0.3, -0.25) is 0 Å². The molecule has 0 aliphatic rings. The lowest BCUT2D eigenvalue weighted by Gasteiger charge is -2.11. The Labute approximate surface area is 124 Å². The van der Waals surface area contributed by atoms with Crippen molar-refractivity contribution in [3.05, 3.63) is 42.5 Å². The number of ether oxygens (including phenoxy) is 2. The van der Waals surface area contributed by atoms with Crippen LogP contribution in [0.1, 0.15) is 0 Å². The Morgan fingerprint density at radius 1 is 0.955 bits per heavy atom. The Bertz CT molecular complexity index is 642. The van der Waals surface area contributed by atoms with E-state index in [9.17, 15) is 23.2 Å². The van der Waals surface area contributed by atoms with Gasteiger partial charge in [-0.2, -0.15) is 0 Å². The van der Waals surface area contributed by atoms with Crippen LogP contribution in [0.5, 0.6) is 11.5 Å². The fourth-order valence-corrected chi connectivity index (χ4v) is 1.95. The highest BCUT2D eigenvalue weighted by Gasteiger charge is 2.31. The van der Waals surface area contributed by atoms with Crippen molar-refractivity contribution >= 4 is 12.6 Å². The van der Waals surface area contributed by atoms with Crippen LogP contribution in [0.3, 0.4) is 0 Å². The number of halogens is 3. The summed E-state index contributed by atoms with van der Waals surface area (Å²) in [6, 6.07) is 9.97. The van der Waals surface area contributed by atoms with Gasteiger partial charge in [-0.1, -0.05) is 24.3 Å². The summed E-state index contributed by atoms with van der Waals surface area (Å²) in [6.07, 6.45) is -4.73. The summed E-state index contributed by atoms with van der Waals surface area (Å²) in [6.45, 7) is 0. The number of rotatable bonds is 4. The summed E-state index contributed by atoms with van der Waals surface area (Å²) in [5, 5.41) is 18.4. The molecule has 0 bridgehead atoms. The van der Waals surface area contributed by atoms with E-state index in [0.717, 1.165) is 0 Å². The minimum atomic E-state index is -4.73. The molecule has 8 heteroatoms. The number of alkyl halides is 3. The molecule has 0 spiro atoms. The van der Waals surface area contributed by atoms with Crippen LogP contribution in [0.15, 0.2) is 42.5 Å². The zero-order chi connectivity index (χ0) is 16.3. The maximum atomic E-state index is 12.1. The minimum absolute atomic E-state index is 0.197. The minimum Gasteiger partial charge on any atom is -0.497 e. The van der Waals surface area contributed by atoms with Crippen molar-refractivity contribution in [2.75, 3.05) is 7.11 Å². The van der Waals surface area contributed by atoms with E-state index in [-0.39, 0.29) is 17.0 Å². The Morgan fingerprint density at radius 2 is 1.55 bits per heavy atom. The molecule has 0 heterocycles. The van der Waals surface area contributed by atoms with Gasteiger partial charge in [0.1, 0.15) is 11.5 Å². The molecule has 0 aliphatic heterocycles. The molecule has 0 unspecified atom stereocenters. The van der Waals surface area contributed by atoms with E-state index in [2.05, 4.69) is 4.74 Å². The number of hydrogen-bond acceptors (Lipinski definition) is 4. The number of benzene rings is 2. The smallest absolute Gasteiger partial charge is 0.497 e. The van der Waals surface area contributed by atoms with Crippen LogP contribution in [0.2, 0.25) is 0 Å². The lowest BCUT2D eigenvalue weighted by molar-refractivity contribution is -0.274. The second-order valence-electron chi connectivity index (χ2n) is 4.40. The van der Waals surface area contributed by atoms with Gasteiger partial charge in [-0.05, 0) is 29.3 Å². The molecule has 0 aromatic heterocycles. The lowest BCUT2D eigenvalue weighted by Crippen LogP contribution is -2.31. The van der Waals surface area contributed by atoms with E-state index >= 15 is 0 Å². The first kappa shape index (κ1) is 16.2. The van der Waals surface area contributed by atoms with Crippen molar-refractivity contribution in [1.29, 1.82) is 0 Å². The van der Waals surface area contributed by atoms with Crippen LogP contribution in [-0.2, 0) is 0 Å². The van der Waals surface area contributed by atoms with Gasteiger partial charge in [0.15, 0.2) is 0 Å². The molecule has 2 aromatic rings. The summed E-state index contributed by atoms with van der Waals surface area (Å²) in [5.74, 6) is -0.0475. The first-order valence-electron chi connectivity index (χ1n) is 6.20. The van der Waals surface area contributed by atoms with E-state index < -0.39 is 13.5 Å². The standard InChI is InChI=1S/C14H12BF3O4/c1-21-13-8-10(4-7-12(13)15(19)20)9-2-5-11(6-3-9)22-14(16,17)18/h2-8,19-20H,1H3. The molecule has 0 saturated carbocycles. The predicted molar refractivity (Wildman–Crippen MR) is 74.9 cm³/mol. The first-order chi connectivity index (χ1) is 10.3. The average molecular weight is 312 g/mol. The summed E-state index contributed by atoms with van der Waals surface area (Å²) < 4.78 is 45.2. The zero-order valence-corrected chi connectivity index (χ0v) is 11.5. The molecule has 0 saturated heterocycles. The Balaban J connectivity index is 2.28. The monoisotopic (exact) mass is 312 g/mol. The van der Waals surface area contributed by atoms with Crippen LogP contribution in [0, 0.1) is 0 Å². The van der Waals surface area contributed by atoms with E-state index in [4.69, 9.17) is 4.74 Å². The number of methoxy groups -OCH3 is 1. The fraction of sp³-hybridized carbons (Fsp3) is 0.143. The molecule has 22 heavy (non-hydrogen) atoms. The van der Waals surface area contributed by atoms with E-state index in [0.29, 0.717) is 11.1 Å². The second-order valence-corrected chi connectivity index (χ2v) is 4.40. The SMILES string of the molecule is COc1cc(-c2ccc(OC(F)(F)F)cc2)ccc1B(O)O. The molecule has 2 rings (SSSR count). The molecule has 4 nitrogen and oxygen atoms in total. The van der Waals surface area contributed by atoms with Gasteiger partial charge in [0.05, 0.1) is 7.11 Å². The first-order valence-corrected chi connectivity index (χ1v) is 6.20. The maximum absolute atomic E-state index is 12.1. The highest BCUT2D eigenvalue weighted by molar-refractivity contribution is 6.59. The molecule has 0 atom stereocenters. The predicted octanol–water partition coefficient (Wildman–Crippen LogP) is 1.94. The Hall–Kier alpha value is -2.19. The van der Waals surface area contributed by atoms with E-state index in [1.165, 1.54) is 37.4 Å². The van der Waals surface area contributed by atoms with Gasteiger partial charge in [-0.25, -0.2) is 0 Å². The van der Waals surface area contributed by atoms with Gasteiger partial charge >= 0.3 is 13.5 Å². The molecule has 0 aliphatic carbocycles. The fourth-order valence-electron chi connectivity index (χ4n) is 1.95. The van der Waals surface area contributed by atoms with Gasteiger partial charge in [0, 0.05) is 5.46 Å². The van der Waals surface area contributed by atoms with Gasteiger partial charge < -0.3 is 19.5 Å². The molecule has 2 N–H and O–H groups in total. The average Bonchev–Trinajstić information content (AvgIpc) is 2.45. The molecular weight excluding hydrogens is 300 g/mol. The summed E-state index contributed by atoms with van der Waals surface area (Å²) in [4.78, 5) is 0. The van der Waals surface area contributed by atoms with Crippen LogP contribution < -0.4 is 14.9 Å². The third kappa shape index (κ3) is 3.93. The lowest BCUT2D eigenvalue weighted by atomic mass is 9.79. The van der Waals surface area contributed by atoms with Gasteiger partial charge in [0.25, 0.3) is 0 Å². The van der Waals surface area contributed by atoms with Crippen LogP contribution >= 0.6 is 0 Å². The maximum Gasteiger partial charge on any atom is 0.573 e. The van der Waals surface area contributed by atoms with Crippen LogP contribution in [-0.4, -0.2) is 30.6 Å². The molecular formula is C14H12BF3O4. The highest BCUT2D eigenvalue weighted by Crippen LogP contribution is 2.27. The molecule has 0 amide bonds. The summed E-state index contributed by atoms with van der Waals surface area (Å²) in [5.41, 5.74) is 1.48. The van der Waals surface area contributed by atoms with Crippen molar-refractivity contribution in [3.8, 4) is 22.6 Å². The van der Waals surface area contributed by atoms with Crippen molar-refractivity contribution in [2.45, 2.75) is 6.36 Å². The van der Waals surface area contributed by atoms with Crippen molar-refractivity contribution < 1.29 is 32.7 Å². The van der Waals surface area contributed by atoms with Crippen molar-refractivity contribution in [1.82, 2.24) is 0 Å². The van der Waals surface area contributed by atoms with Crippen LogP contribution in [0.4, 0.5) is 13.2 Å². The molecule has 0 radical (unpaired) electrons. The molecule has 0 fully saturated rings. The topological polar surface area (TPSA) is 58.9 Å². The molecule has 2 aromatic carbocycles. The second kappa shape index (κ2) is 6.29. The third-order valence-electron chi connectivity index (χ3n) is 2.93. The number of hydrogen-bond donors (Lipinski definition) is 2. The molecule has 116 valence electrons. The largest absolute Gasteiger partial charge is 0.573 e. The Morgan fingerprint density at radius 3 is 2.05 bits per heavy atom. The normalized spacial score (nSPS) is 11.2. The van der Waals surface area contributed by atoms with Crippen LogP contribution in [0.25, 0.3) is 11.1 Å². The summed E-state index contributed by atoms with van der Waals surface area (Å²) in [7, 11) is -0.294. The van der Waals surface area contributed by atoms with Crippen molar-refractivity contribution in [2.24, 2.45) is 0 Å². The van der Waals surface area contributed by atoms with Crippen molar-refractivity contribution in [3.63, 3.8) is 0 Å². The zero-order valence-electron chi connectivity index (χ0n) is 11.5.